The molecule has 2 N–H and O–H groups in total. The van der Waals surface area contributed by atoms with E-state index in [0.717, 1.165) is 81.1 Å². The second-order valence-electron chi connectivity index (χ2n) is 6.64. The first-order valence-corrected chi connectivity index (χ1v) is 9.97. The molecule has 1 fully saturated rings. The van der Waals surface area contributed by atoms with Crippen molar-refractivity contribution in [1.82, 2.24) is 10.6 Å². The van der Waals surface area contributed by atoms with E-state index in [1.807, 2.05) is 25.1 Å². The highest BCUT2D eigenvalue weighted by Gasteiger charge is 2.37. The number of hydrogen-bond acceptors (Lipinski definition) is 4. The van der Waals surface area contributed by atoms with Crippen LogP contribution < -0.4 is 15.4 Å². The number of guanidine groups is 1. The third kappa shape index (κ3) is 7.24. The van der Waals surface area contributed by atoms with E-state index in [-0.39, 0.29) is 29.4 Å². The Balaban J connectivity index is 0.00000392. The van der Waals surface area contributed by atoms with Crippen LogP contribution in [0.25, 0.3) is 0 Å². The van der Waals surface area contributed by atoms with Crippen molar-refractivity contribution < 1.29 is 14.2 Å². The van der Waals surface area contributed by atoms with Crippen molar-refractivity contribution in [3.63, 3.8) is 0 Å². The standard InChI is InChI=1S/C20H32ClN3O3.HI/c1-4-26-11-5-10-23-19(22-2)24-15-20(8-12-27-13-9-20)17-14-16(21)6-7-18(17)25-3;/h6-7,14H,4-5,8-13,15H2,1-3H3,(H2,22,23,24);1H. The molecule has 0 saturated carbocycles. The summed E-state index contributed by atoms with van der Waals surface area (Å²) in [6.45, 7) is 6.50. The van der Waals surface area contributed by atoms with E-state index in [0.29, 0.717) is 0 Å². The van der Waals surface area contributed by atoms with E-state index in [9.17, 15) is 0 Å². The second kappa shape index (κ2) is 13.5. The summed E-state index contributed by atoms with van der Waals surface area (Å²) >= 11 is 6.30. The Bertz CT molecular complexity index is 610. The van der Waals surface area contributed by atoms with Gasteiger partial charge in [0, 0.05) is 62.6 Å². The Morgan fingerprint density at radius 1 is 1.29 bits per heavy atom. The van der Waals surface area contributed by atoms with Crippen LogP contribution in [0.5, 0.6) is 5.75 Å². The van der Waals surface area contributed by atoms with Gasteiger partial charge in [-0.05, 0) is 44.4 Å². The Morgan fingerprint density at radius 2 is 2.04 bits per heavy atom. The summed E-state index contributed by atoms with van der Waals surface area (Å²) in [5.41, 5.74) is 1.01. The molecule has 0 aliphatic carbocycles. The SMILES string of the molecule is CCOCCCNC(=NC)NCC1(c2cc(Cl)ccc2OC)CCOCC1.I. The summed E-state index contributed by atoms with van der Waals surface area (Å²) in [7, 11) is 3.49. The molecule has 0 spiro atoms. The molecular weight excluding hydrogens is 493 g/mol. The fourth-order valence-corrected chi connectivity index (χ4v) is 3.57. The number of aliphatic imine (C=N–C) groups is 1. The topological polar surface area (TPSA) is 64.1 Å². The number of hydrogen-bond donors (Lipinski definition) is 2. The Morgan fingerprint density at radius 3 is 2.68 bits per heavy atom. The average Bonchev–Trinajstić information content (AvgIpc) is 2.70. The molecule has 0 aromatic heterocycles. The van der Waals surface area contributed by atoms with Crippen molar-refractivity contribution in [3.05, 3.63) is 28.8 Å². The zero-order valence-corrected chi connectivity index (χ0v) is 20.1. The number of rotatable bonds is 9. The summed E-state index contributed by atoms with van der Waals surface area (Å²) < 4.78 is 16.6. The molecule has 0 bridgehead atoms. The Kier molecular flexibility index (Phi) is 12.1. The maximum absolute atomic E-state index is 6.30. The highest BCUT2D eigenvalue weighted by Crippen LogP contribution is 2.40. The highest BCUT2D eigenvalue weighted by atomic mass is 127. The van der Waals surface area contributed by atoms with Crippen LogP contribution in [0.4, 0.5) is 0 Å². The number of methoxy groups -OCH3 is 1. The van der Waals surface area contributed by atoms with Crippen LogP contribution in [-0.2, 0) is 14.9 Å². The van der Waals surface area contributed by atoms with E-state index in [1.54, 1.807) is 14.2 Å². The lowest BCUT2D eigenvalue weighted by molar-refractivity contribution is 0.0505. The lowest BCUT2D eigenvalue weighted by Crippen LogP contribution is -2.48. The minimum absolute atomic E-state index is 0. The molecule has 8 heteroatoms. The van der Waals surface area contributed by atoms with Gasteiger partial charge >= 0.3 is 0 Å². The molecule has 1 saturated heterocycles. The van der Waals surface area contributed by atoms with Crippen LogP contribution in [0.1, 0.15) is 31.7 Å². The fraction of sp³-hybridized carbons (Fsp3) is 0.650. The smallest absolute Gasteiger partial charge is 0.191 e. The van der Waals surface area contributed by atoms with Crippen molar-refractivity contribution in [2.24, 2.45) is 4.99 Å². The maximum Gasteiger partial charge on any atom is 0.191 e. The van der Waals surface area contributed by atoms with Gasteiger partial charge in [0.15, 0.2) is 5.96 Å². The average molecular weight is 526 g/mol. The molecule has 0 unspecified atom stereocenters. The first-order valence-electron chi connectivity index (χ1n) is 9.59. The van der Waals surface area contributed by atoms with Crippen molar-refractivity contribution in [1.29, 1.82) is 0 Å². The second-order valence-corrected chi connectivity index (χ2v) is 7.08. The van der Waals surface area contributed by atoms with Gasteiger partial charge in [-0.25, -0.2) is 0 Å². The van der Waals surface area contributed by atoms with Gasteiger partial charge in [0.1, 0.15) is 5.75 Å². The third-order valence-corrected chi connectivity index (χ3v) is 5.20. The molecule has 0 atom stereocenters. The molecule has 1 aliphatic heterocycles. The molecule has 28 heavy (non-hydrogen) atoms. The van der Waals surface area contributed by atoms with Gasteiger partial charge < -0.3 is 24.8 Å². The zero-order chi connectivity index (χ0) is 19.5. The zero-order valence-electron chi connectivity index (χ0n) is 17.1. The predicted octanol–water partition coefficient (Wildman–Crippen LogP) is 3.61. The van der Waals surface area contributed by atoms with E-state index in [2.05, 4.69) is 15.6 Å². The van der Waals surface area contributed by atoms with Crippen LogP contribution in [-0.4, -0.2) is 59.6 Å². The summed E-state index contributed by atoms with van der Waals surface area (Å²) in [6, 6.07) is 5.82. The van der Waals surface area contributed by atoms with Gasteiger partial charge in [0.05, 0.1) is 7.11 Å². The van der Waals surface area contributed by atoms with E-state index in [4.69, 9.17) is 25.8 Å². The van der Waals surface area contributed by atoms with Crippen LogP contribution in [0.3, 0.4) is 0 Å². The van der Waals surface area contributed by atoms with E-state index in [1.165, 1.54) is 0 Å². The largest absolute Gasteiger partial charge is 0.496 e. The van der Waals surface area contributed by atoms with Crippen LogP contribution in [0.15, 0.2) is 23.2 Å². The molecule has 1 aromatic carbocycles. The number of nitrogens with zero attached hydrogens (tertiary/aromatic N) is 1. The number of halogens is 2. The molecule has 6 nitrogen and oxygen atoms in total. The normalized spacial score (nSPS) is 16.2. The van der Waals surface area contributed by atoms with Gasteiger partial charge in [0.2, 0.25) is 0 Å². The van der Waals surface area contributed by atoms with Crippen molar-refractivity contribution in [3.8, 4) is 5.75 Å². The van der Waals surface area contributed by atoms with Gasteiger partial charge in [0.25, 0.3) is 0 Å². The third-order valence-electron chi connectivity index (χ3n) is 4.96. The first-order chi connectivity index (χ1) is 13.1. The molecule has 0 amide bonds. The van der Waals surface area contributed by atoms with Crippen LogP contribution in [0, 0.1) is 0 Å². The monoisotopic (exact) mass is 525 g/mol. The van der Waals surface area contributed by atoms with Crippen LogP contribution in [0.2, 0.25) is 5.02 Å². The molecule has 0 radical (unpaired) electrons. The quantitative estimate of drug-likeness (QED) is 0.223. The Hall–Kier alpha value is -0.770. The van der Waals surface area contributed by atoms with Gasteiger partial charge in [-0.15, -0.1) is 24.0 Å². The number of nitrogens with one attached hydrogen (secondary N) is 2. The molecule has 1 aromatic rings. The molecule has 2 rings (SSSR count). The fourth-order valence-electron chi connectivity index (χ4n) is 3.40. The Labute approximate surface area is 190 Å². The molecule has 1 aliphatic rings. The number of ether oxygens (including phenoxy) is 3. The summed E-state index contributed by atoms with van der Waals surface area (Å²) in [6.07, 6.45) is 2.74. The van der Waals surface area contributed by atoms with Crippen molar-refractivity contribution in [2.45, 2.75) is 31.6 Å². The summed E-state index contributed by atoms with van der Waals surface area (Å²) in [5, 5.41) is 7.55. The lowest BCUT2D eigenvalue weighted by atomic mass is 9.73. The summed E-state index contributed by atoms with van der Waals surface area (Å²) in [4.78, 5) is 4.34. The minimum Gasteiger partial charge on any atom is -0.496 e. The number of benzene rings is 1. The van der Waals surface area contributed by atoms with E-state index < -0.39 is 0 Å². The maximum atomic E-state index is 6.30. The van der Waals surface area contributed by atoms with Gasteiger partial charge in [-0.3, -0.25) is 4.99 Å². The summed E-state index contributed by atoms with van der Waals surface area (Å²) in [5.74, 6) is 1.65. The lowest BCUT2D eigenvalue weighted by Gasteiger charge is -2.39. The van der Waals surface area contributed by atoms with Crippen molar-refractivity contribution in [2.75, 3.05) is 53.7 Å². The van der Waals surface area contributed by atoms with Gasteiger partial charge in [-0.2, -0.15) is 0 Å². The van der Waals surface area contributed by atoms with Gasteiger partial charge in [-0.1, -0.05) is 11.6 Å². The minimum atomic E-state index is -0.114. The highest BCUT2D eigenvalue weighted by molar-refractivity contribution is 14.0. The van der Waals surface area contributed by atoms with Crippen molar-refractivity contribution >= 4 is 41.5 Å². The molecule has 160 valence electrons. The predicted molar refractivity (Wildman–Crippen MR) is 126 cm³/mol. The first kappa shape index (κ1) is 25.3. The molecular formula is C20H33ClIN3O3. The molecule has 1 heterocycles. The van der Waals surface area contributed by atoms with E-state index >= 15 is 0 Å². The van der Waals surface area contributed by atoms with Crippen LogP contribution >= 0.6 is 35.6 Å².